The van der Waals surface area contributed by atoms with Gasteiger partial charge in [0.15, 0.2) is 6.10 Å². The molecular formula is C21H20ClN3O4. The molecule has 0 aliphatic carbocycles. The molecule has 7 nitrogen and oxygen atoms in total. The van der Waals surface area contributed by atoms with Crippen molar-refractivity contribution < 1.29 is 19.1 Å². The van der Waals surface area contributed by atoms with Gasteiger partial charge in [0.1, 0.15) is 5.75 Å². The van der Waals surface area contributed by atoms with E-state index in [1.165, 1.54) is 4.90 Å². The number of hydrogen-bond acceptors (Lipinski definition) is 4. The first-order chi connectivity index (χ1) is 13.9. The molecule has 2 unspecified atom stereocenters. The minimum Gasteiger partial charge on any atom is -0.477 e. The van der Waals surface area contributed by atoms with E-state index in [1.54, 1.807) is 35.2 Å². The number of rotatable bonds is 4. The lowest BCUT2D eigenvalue weighted by Gasteiger charge is -2.34. The molecule has 150 valence electrons. The first kappa shape index (κ1) is 19.3. The van der Waals surface area contributed by atoms with Crippen LogP contribution in [0.5, 0.6) is 5.75 Å². The Morgan fingerprint density at radius 2 is 1.83 bits per heavy atom. The summed E-state index contributed by atoms with van der Waals surface area (Å²) in [5.74, 6) is -1.05. The molecule has 29 heavy (non-hydrogen) atoms. The van der Waals surface area contributed by atoms with E-state index in [0.717, 1.165) is 5.56 Å². The van der Waals surface area contributed by atoms with Crippen molar-refractivity contribution in [3.63, 3.8) is 0 Å². The smallest absolute Gasteiger partial charge is 0.260 e. The van der Waals surface area contributed by atoms with E-state index in [2.05, 4.69) is 0 Å². The van der Waals surface area contributed by atoms with Gasteiger partial charge in [-0.3, -0.25) is 14.4 Å². The number of halogens is 1. The number of anilines is 1. The molecule has 2 aliphatic rings. The molecule has 2 aliphatic heterocycles. The van der Waals surface area contributed by atoms with E-state index in [4.69, 9.17) is 22.1 Å². The highest BCUT2D eigenvalue weighted by Crippen LogP contribution is 2.35. The maximum absolute atomic E-state index is 13.3. The van der Waals surface area contributed by atoms with Crippen LogP contribution < -0.4 is 15.4 Å². The number of carbonyl (C=O) groups is 3. The van der Waals surface area contributed by atoms with Crippen LogP contribution in [0, 0.1) is 5.92 Å². The summed E-state index contributed by atoms with van der Waals surface area (Å²) in [7, 11) is 0. The fourth-order valence-corrected chi connectivity index (χ4v) is 3.93. The van der Waals surface area contributed by atoms with Crippen LogP contribution in [0.4, 0.5) is 5.69 Å². The van der Waals surface area contributed by atoms with Gasteiger partial charge in [0, 0.05) is 24.5 Å². The molecule has 3 amide bonds. The van der Waals surface area contributed by atoms with Crippen LogP contribution in [0.15, 0.2) is 48.5 Å². The molecule has 1 fully saturated rings. The Kier molecular flexibility index (Phi) is 5.15. The molecule has 2 aromatic carbocycles. The molecule has 0 spiro atoms. The van der Waals surface area contributed by atoms with Crippen LogP contribution in [0.3, 0.4) is 0 Å². The van der Waals surface area contributed by atoms with Crippen LogP contribution in [-0.2, 0) is 20.9 Å². The van der Waals surface area contributed by atoms with Gasteiger partial charge in [-0.1, -0.05) is 41.9 Å². The van der Waals surface area contributed by atoms with Crippen molar-refractivity contribution in [3.05, 3.63) is 59.1 Å². The molecule has 2 aromatic rings. The van der Waals surface area contributed by atoms with Gasteiger partial charge in [-0.15, -0.1) is 0 Å². The van der Waals surface area contributed by atoms with Crippen molar-refractivity contribution in [2.75, 3.05) is 18.0 Å². The van der Waals surface area contributed by atoms with Crippen molar-refractivity contribution in [3.8, 4) is 5.75 Å². The lowest BCUT2D eigenvalue weighted by molar-refractivity contribution is -0.129. The molecule has 0 aromatic heterocycles. The second-order valence-corrected chi connectivity index (χ2v) is 7.60. The summed E-state index contributed by atoms with van der Waals surface area (Å²) in [6.45, 7) is 0.677. The number of likely N-dealkylation sites (tertiary alicyclic amines) is 1. The SMILES string of the molecule is NC(=O)C1CN(C(=O)C2CC(=O)N(Cc3ccccc3Cl)C2)c2ccccc2O1. The van der Waals surface area contributed by atoms with E-state index in [0.29, 0.717) is 29.5 Å². The van der Waals surface area contributed by atoms with E-state index in [9.17, 15) is 14.4 Å². The Morgan fingerprint density at radius 1 is 1.10 bits per heavy atom. The number of nitrogens with zero attached hydrogens (tertiary/aromatic N) is 2. The van der Waals surface area contributed by atoms with Crippen LogP contribution in [-0.4, -0.2) is 41.8 Å². The van der Waals surface area contributed by atoms with Crippen molar-refractivity contribution in [1.29, 1.82) is 0 Å². The first-order valence-electron chi connectivity index (χ1n) is 9.31. The zero-order valence-electron chi connectivity index (χ0n) is 15.6. The highest BCUT2D eigenvalue weighted by molar-refractivity contribution is 6.31. The van der Waals surface area contributed by atoms with Crippen molar-refractivity contribution in [2.45, 2.75) is 19.1 Å². The Hall–Kier alpha value is -3.06. The van der Waals surface area contributed by atoms with Gasteiger partial charge < -0.3 is 20.3 Å². The Balaban J connectivity index is 1.53. The minimum absolute atomic E-state index is 0.0282. The Labute approximate surface area is 173 Å². The average Bonchev–Trinajstić information content (AvgIpc) is 3.08. The standard InChI is InChI=1S/C21H20ClN3O4/c22-15-6-2-1-5-13(15)10-24-11-14(9-19(24)26)21(28)25-12-18(20(23)27)29-17-8-4-3-7-16(17)25/h1-8,14,18H,9-12H2,(H2,23,27). The van der Waals surface area contributed by atoms with Gasteiger partial charge in [0.25, 0.3) is 5.91 Å². The van der Waals surface area contributed by atoms with E-state index >= 15 is 0 Å². The normalized spacial score (nSPS) is 20.9. The largest absolute Gasteiger partial charge is 0.477 e. The minimum atomic E-state index is -0.926. The summed E-state index contributed by atoms with van der Waals surface area (Å²) in [5.41, 5.74) is 6.82. The Bertz CT molecular complexity index is 980. The first-order valence-corrected chi connectivity index (χ1v) is 9.69. The van der Waals surface area contributed by atoms with Gasteiger partial charge in [-0.05, 0) is 23.8 Å². The summed E-state index contributed by atoms with van der Waals surface area (Å²) < 4.78 is 5.61. The number of primary amides is 1. The van der Waals surface area contributed by atoms with Crippen LogP contribution >= 0.6 is 11.6 Å². The number of ether oxygens (including phenoxy) is 1. The van der Waals surface area contributed by atoms with E-state index in [-0.39, 0.29) is 24.8 Å². The van der Waals surface area contributed by atoms with Gasteiger partial charge in [0.05, 0.1) is 18.2 Å². The van der Waals surface area contributed by atoms with Crippen LogP contribution in [0.25, 0.3) is 0 Å². The molecule has 8 heteroatoms. The number of hydrogen-bond donors (Lipinski definition) is 1. The van der Waals surface area contributed by atoms with Crippen molar-refractivity contribution in [1.82, 2.24) is 4.90 Å². The molecule has 1 saturated heterocycles. The number of benzene rings is 2. The predicted molar refractivity (Wildman–Crippen MR) is 107 cm³/mol. The van der Waals surface area contributed by atoms with Crippen LogP contribution in [0.2, 0.25) is 5.02 Å². The summed E-state index contributed by atoms with van der Waals surface area (Å²) in [6, 6.07) is 14.3. The highest BCUT2D eigenvalue weighted by atomic mass is 35.5. The third kappa shape index (κ3) is 3.78. The number of nitrogens with two attached hydrogens (primary N) is 1. The lowest BCUT2D eigenvalue weighted by atomic mass is 10.0. The fourth-order valence-electron chi connectivity index (χ4n) is 3.73. The topological polar surface area (TPSA) is 92.9 Å². The van der Waals surface area contributed by atoms with Gasteiger partial charge in [-0.25, -0.2) is 0 Å². The molecule has 0 bridgehead atoms. The van der Waals surface area contributed by atoms with Gasteiger partial charge >= 0.3 is 0 Å². The quantitative estimate of drug-likeness (QED) is 0.829. The number of fused-ring (bicyclic) bond motifs is 1. The second kappa shape index (κ2) is 7.75. The monoisotopic (exact) mass is 413 g/mol. The van der Waals surface area contributed by atoms with E-state index < -0.39 is 17.9 Å². The summed E-state index contributed by atoms with van der Waals surface area (Å²) in [4.78, 5) is 40.6. The van der Waals surface area contributed by atoms with Crippen molar-refractivity contribution in [2.24, 2.45) is 11.7 Å². The zero-order chi connectivity index (χ0) is 20.5. The summed E-state index contributed by atoms with van der Waals surface area (Å²) >= 11 is 6.20. The maximum Gasteiger partial charge on any atom is 0.260 e. The summed E-state index contributed by atoms with van der Waals surface area (Å²) in [5, 5.41) is 0.585. The number of para-hydroxylation sites is 2. The summed E-state index contributed by atoms with van der Waals surface area (Å²) in [6.07, 6.45) is -0.811. The molecule has 2 heterocycles. The zero-order valence-corrected chi connectivity index (χ0v) is 16.3. The molecule has 0 radical (unpaired) electrons. The average molecular weight is 414 g/mol. The number of carbonyl (C=O) groups excluding carboxylic acids is 3. The second-order valence-electron chi connectivity index (χ2n) is 7.19. The van der Waals surface area contributed by atoms with E-state index in [1.807, 2.05) is 18.2 Å². The predicted octanol–water partition coefficient (Wildman–Crippen LogP) is 1.97. The molecule has 2 atom stereocenters. The number of amides is 3. The third-order valence-electron chi connectivity index (χ3n) is 5.24. The van der Waals surface area contributed by atoms with Gasteiger partial charge in [0.2, 0.25) is 11.8 Å². The molecule has 4 rings (SSSR count). The molecular weight excluding hydrogens is 394 g/mol. The van der Waals surface area contributed by atoms with Crippen LogP contribution in [0.1, 0.15) is 12.0 Å². The molecule has 2 N–H and O–H groups in total. The maximum atomic E-state index is 13.3. The Morgan fingerprint density at radius 3 is 2.59 bits per heavy atom. The third-order valence-corrected chi connectivity index (χ3v) is 5.61. The van der Waals surface area contributed by atoms with Gasteiger partial charge in [-0.2, -0.15) is 0 Å². The lowest BCUT2D eigenvalue weighted by Crippen LogP contribution is -2.51. The van der Waals surface area contributed by atoms with Crippen molar-refractivity contribution >= 4 is 35.0 Å². The fraction of sp³-hybridized carbons (Fsp3) is 0.286. The molecule has 0 saturated carbocycles. The highest BCUT2D eigenvalue weighted by Gasteiger charge is 2.40.